The van der Waals surface area contributed by atoms with Crippen molar-refractivity contribution in [3.05, 3.63) is 94.6 Å². The largest absolute Gasteiger partial charge is 0.496 e. The maximum Gasteiger partial charge on any atom is 0.338 e. The Morgan fingerprint density at radius 1 is 1.19 bits per heavy atom. The molecule has 0 bridgehead atoms. The van der Waals surface area contributed by atoms with Crippen molar-refractivity contribution in [2.24, 2.45) is 4.99 Å². The number of hydrogen-bond acceptors (Lipinski definition) is 6. The second-order valence-electron chi connectivity index (χ2n) is 9.13. The van der Waals surface area contributed by atoms with Crippen molar-refractivity contribution in [3.8, 4) is 5.75 Å². The van der Waals surface area contributed by atoms with E-state index in [-0.39, 0.29) is 12.2 Å². The molecule has 0 aliphatic carbocycles. The van der Waals surface area contributed by atoms with Crippen LogP contribution in [0.5, 0.6) is 5.75 Å². The number of halogens is 1. The zero-order valence-corrected chi connectivity index (χ0v) is 24.1. The van der Waals surface area contributed by atoms with Gasteiger partial charge >= 0.3 is 5.97 Å². The van der Waals surface area contributed by atoms with Crippen LogP contribution in [-0.4, -0.2) is 24.3 Å². The predicted octanol–water partition coefficient (Wildman–Crippen LogP) is 5.47. The molecule has 4 rings (SSSR count). The van der Waals surface area contributed by atoms with Gasteiger partial charge in [0, 0.05) is 0 Å². The Hall–Kier alpha value is -2.97. The van der Waals surface area contributed by atoms with Crippen LogP contribution in [-0.2, 0) is 9.53 Å². The van der Waals surface area contributed by atoms with E-state index >= 15 is 0 Å². The molecule has 0 saturated carbocycles. The van der Waals surface area contributed by atoms with Crippen molar-refractivity contribution < 1.29 is 14.3 Å². The molecule has 0 radical (unpaired) electrons. The van der Waals surface area contributed by atoms with E-state index in [0.717, 1.165) is 22.0 Å². The molecule has 0 saturated heterocycles. The fraction of sp³-hybridized carbons (Fsp3) is 0.345. The lowest BCUT2D eigenvalue weighted by molar-refractivity contribution is -0.139. The zero-order valence-electron chi connectivity index (χ0n) is 21.7. The minimum atomic E-state index is -0.609. The topological polar surface area (TPSA) is 69.9 Å². The monoisotopic (exact) mass is 582 g/mol. The molecule has 2 aromatic carbocycles. The standard InChI is InChI=1S/C29H31BrN2O4S/c1-6-8-22-25(28(34)36-7-2)26(20-12-10-19(11-13-20)17(3)4)32-27(33)24(37-29(32)31-22)16-18-9-14-23(35-5)21(30)15-18/h9-17,26H,6-8H2,1-5H3/b24-16-. The highest BCUT2D eigenvalue weighted by atomic mass is 79.9. The highest BCUT2D eigenvalue weighted by Crippen LogP contribution is 2.33. The van der Waals surface area contributed by atoms with Crippen molar-refractivity contribution in [2.45, 2.75) is 52.5 Å². The lowest BCUT2D eigenvalue weighted by Crippen LogP contribution is -2.40. The number of fused-ring (bicyclic) bond motifs is 1. The average Bonchev–Trinajstić information content (AvgIpc) is 3.18. The summed E-state index contributed by atoms with van der Waals surface area (Å²) in [6.07, 6.45) is 3.28. The van der Waals surface area contributed by atoms with E-state index in [0.29, 0.717) is 38.7 Å². The van der Waals surface area contributed by atoms with Crippen LogP contribution in [0.1, 0.15) is 69.2 Å². The van der Waals surface area contributed by atoms with Crippen LogP contribution in [0, 0.1) is 0 Å². The minimum absolute atomic E-state index is 0.189. The van der Waals surface area contributed by atoms with Gasteiger partial charge < -0.3 is 9.47 Å². The van der Waals surface area contributed by atoms with Crippen LogP contribution in [0.2, 0.25) is 0 Å². The summed E-state index contributed by atoms with van der Waals surface area (Å²) in [5.41, 5.74) is 3.83. The predicted molar refractivity (Wildman–Crippen MR) is 151 cm³/mol. The first-order valence-corrected chi connectivity index (χ1v) is 14.0. The third-order valence-corrected chi connectivity index (χ3v) is 7.89. The SMILES string of the molecule is CCCC1=C(C(=O)OCC)C(c2ccc(C(C)C)cc2)n2c(s/c(=C\c3ccc(OC)c(Br)c3)c2=O)=N1. The molecule has 37 heavy (non-hydrogen) atoms. The Labute approximate surface area is 229 Å². The summed E-state index contributed by atoms with van der Waals surface area (Å²) in [5.74, 6) is 0.656. The van der Waals surface area contributed by atoms with E-state index in [4.69, 9.17) is 14.5 Å². The Bertz CT molecular complexity index is 1520. The average molecular weight is 584 g/mol. The molecule has 8 heteroatoms. The Kier molecular flexibility index (Phi) is 8.49. The van der Waals surface area contributed by atoms with Crippen LogP contribution in [0.25, 0.3) is 6.08 Å². The third kappa shape index (κ3) is 5.50. The first-order valence-electron chi connectivity index (χ1n) is 12.4. The molecule has 1 unspecified atom stereocenters. The van der Waals surface area contributed by atoms with E-state index in [1.54, 1.807) is 18.6 Å². The van der Waals surface area contributed by atoms with Crippen LogP contribution >= 0.6 is 27.3 Å². The number of benzene rings is 2. The lowest BCUT2D eigenvalue weighted by atomic mass is 9.92. The number of methoxy groups -OCH3 is 1. The number of ether oxygens (including phenoxy) is 2. The number of thiazole rings is 1. The molecule has 1 atom stereocenters. The molecule has 6 nitrogen and oxygen atoms in total. The molecule has 194 valence electrons. The second-order valence-corrected chi connectivity index (χ2v) is 11.0. The number of allylic oxidation sites excluding steroid dienone is 1. The van der Waals surface area contributed by atoms with Gasteiger partial charge in [-0.2, -0.15) is 0 Å². The summed E-state index contributed by atoms with van der Waals surface area (Å²) in [6, 6.07) is 13.2. The van der Waals surface area contributed by atoms with Crippen LogP contribution < -0.4 is 19.6 Å². The number of hydrogen-bond donors (Lipinski definition) is 0. The smallest absolute Gasteiger partial charge is 0.338 e. The van der Waals surface area contributed by atoms with Gasteiger partial charge in [-0.1, -0.05) is 68.9 Å². The van der Waals surface area contributed by atoms with Crippen LogP contribution in [0.4, 0.5) is 0 Å². The summed E-state index contributed by atoms with van der Waals surface area (Å²) < 4.78 is 13.8. The molecule has 0 N–H and O–H groups in total. The minimum Gasteiger partial charge on any atom is -0.496 e. The number of carbonyl (C=O) groups is 1. The van der Waals surface area contributed by atoms with Gasteiger partial charge in [-0.15, -0.1) is 0 Å². The summed E-state index contributed by atoms with van der Waals surface area (Å²) >= 11 is 4.85. The number of esters is 1. The first-order chi connectivity index (χ1) is 17.8. The summed E-state index contributed by atoms with van der Waals surface area (Å²) in [4.78, 5) is 32.5. The summed E-state index contributed by atoms with van der Waals surface area (Å²) in [5, 5.41) is 0. The van der Waals surface area contributed by atoms with E-state index in [1.165, 1.54) is 16.9 Å². The fourth-order valence-corrected chi connectivity index (χ4v) is 6.00. The van der Waals surface area contributed by atoms with Crippen LogP contribution in [0.15, 0.2) is 68.0 Å². The summed E-state index contributed by atoms with van der Waals surface area (Å²) in [6.45, 7) is 8.36. The maximum absolute atomic E-state index is 13.8. The van der Waals surface area contributed by atoms with Gasteiger partial charge in [-0.05, 0) is 70.1 Å². The fourth-order valence-electron chi connectivity index (χ4n) is 4.42. The van der Waals surface area contributed by atoms with Gasteiger partial charge in [0.1, 0.15) is 5.75 Å². The number of nitrogens with zero attached hydrogens (tertiary/aromatic N) is 2. The first kappa shape index (κ1) is 27.1. The van der Waals surface area contributed by atoms with Gasteiger partial charge in [0.05, 0.1) is 40.0 Å². The van der Waals surface area contributed by atoms with Gasteiger partial charge in [0.25, 0.3) is 5.56 Å². The van der Waals surface area contributed by atoms with Crippen LogP contribution in [0.3, 0.4) is 0 Å². The van der Waals surface area contributed by atoms with Gasteiger partial charge in [0.2, 0.25) is 0 Å². The number of aromatic nitrogens is 1. The highest BCUT2D eigenvalue weighted by Gasteiger charge is 2.34. The van der Waals surface area contributed by atoms with Crippen molar-refractivity contribution in [1.82, 2.24) is 4.57 Å². The van der Waals surface area contributed by atoms with Crippen molar-refractivity contribution in [1.29, 1.82) is 0 Å². The van der Waals surface area contributed by atoms with Crippen molar-refractivity contribution in [3.63, 3.8) is 0 Å². The van der Waals surface area contributed by atoms with Gasteiger partial charge in [-0.25, -0.2) is 9.79 Å². The number of rotatable bonds is 8. The lowest BCUT2D eigenvalue weighted by Gasteiger charge is -2.26. The Balaban J connectivity index is 1.96. The molecular weight excluding hydrogens is 552 g/mol. The Morgan fingerprint density at radius 2 is 1.92 bits per heavy atom. The zero-order chi connectivity index (χ0) is 26.7. The number of carbonyl (C=O) groups excluding carboxylic acids is 1. The Morgan fingerprint density at radius 3 is 2.51 bits per heavy atom. The molecule has 1 aliphatic heterocycles. The molecular formula is C29H31BrN2O4S. The van der Waals surface area contributed by atoms with E-state index in [2.05, 4.69) is 48.8 Å². The maximum atomic E-state index is 13.8. The molecule has 0 spiro atoms. The molecule has 3 aromatic rings. The van der Waals surface area contributed by atoms with E-state index in [9.17, 15) is 9.59 Å². The molecule has 1 aliphatic rings. The van der Waals surface area contributed by atoms with Crippen molar-refractivity contribution >= 4 is 39.3 Å². The molecule has 0 fully saturated rings. The van der Waals surface area contributed by atoms with E-state index < -0.39 is 12.0 Å². The molecule has 0 amide bonds. The third-order valence-electron chi connectivity index (χ3n) is 6.28. The van der Waals surface area contributed by atoms with Gasteiger partial charge in [-0.3, -0.25) is 9.36 Å². The summed E-state index contributed by atoms with van der Waals surface area (Å²) in [7, 11) is 1.61. The van der Waals surface area contributed by atoms with Gasteiger partial charge in [0.15, 0.2) is 4.80 Å². The highest BCUT2D eigenvalue weighted by molar-refractivity contribution is 9.10. The second kappa shape index (κ2) is 11.6. The quantitative estimate of drug-likeness (QED) is 0.330. The van der Waals surface area contributed by atoms with Crippen molar-refractivity contribution in [2.75, 3.05) is 13.7 Å². The normalized spacial score (nSPS) is 15.5. The molecule has 2 heterocycles. The van der Waals surface area contributed by atoms with E-state index in [1.807, 2.05) is 36.4 Å². The molecule has 1 aromatic heterocycles.